The molecule has 6 heteroatoms. The van der Waals surface area contributed by atoms with Gasteiger partial charge in [0.25, 0.3) is 0 Å². The van der Waals surface area contributed by atoms with E-state index in [1.165, 1.54) is 17.7 Å². The molecular formula is C20H18F2N4. The molecule has 4 nitrogen and oxygen atoms in total. The number of fused-ring (bicyclic) bond motifs is 1. The first-order valence-corrected chi connectivity index (χ1v) is 8.50. The number of nitrogens with zero attached hydrogens (tertiary/aromatic N) is 3. The Kier molecular flexibility index (Phi) is 4.58. The number of aromatic nitrogens is 2. The summed E-state index contributed by atoms with van der Waals surface area (Å²) >= 11 is 0. The smallest absolute Gasteiger partial charge is 0.227 e. The Bertz CT molecular complexity index is 915. The Morgan fingerprint density at radius 2 is 1.92 bits per heavy atom. The molecule has 3 aromatic rings. The fourth-order valence-electron chi connectivity index (χ4n) is 3.12. The molecule has 4 rings (SSSR count). The summed E-state index contributed by atoms with van der Waals surface area (Å²) in [6, 6.07) is 13.7. The molecule has 0 amide bonds. The molecule has 2 aromatic carbocycles. The summed E-state index contributed by atoms with van der Waals surface area (Å²) in [6.07, 6.45) is 2.59. The SMILES string of the molecule is Fc1ccc(Nc2ncc3c(n2)CCN(Cc2ccccc2)C3)c(F)c1. The summed E-state index contributed by atoms with van der Waals surface area (Å²) in [7, 11) is 0. The van der Waals surface area contributed by atoms with Gasteiger partial charge in [-0.15, -0.1) is 0 Å². The van der Waals surface area contributed by atoms with E-state index in [-0.39, 0.29) is 5.69 Å². The zero-order valence-electron chi connectivity index (χ0n) is 14.1. The normalized spacial score (nSPS) is 14.1. The number of nitrogens with one attached hydrogen (secondary N) is 1. The third-order valence-electron chi connectivity index (χ3n) is 4.44. The van der Waals surface area contributed by atoms with Crippen molar-refractivity contribution < 1.29 is 8.78 Å². The number of benzene rings is 2. The van der Waals surface area contributed by atoms with Crippen molar-refractivity contribution in [3.05, 3.63) is 83.2 Å². The van der Waals surface area contributed by atoms with Gasteiger partial charge in [-0.2, -0.15) is 0 Å². The minimum absolute atomic E-state index is 0.160. The quantitative estimate of drug-likeness (QED) is 0.769. The second-order valence-electron chi connectivity index (χ2n) is 6.36. The van der Waals surface area contributed by atoms with Crippen LogP contribution in [0.3, 0.4) is 0 Å². The van der Waals surface area contributed by atoms with E-state index in [1.807, 2.05) is 18.2 Å². The van der Waals surface area contributed by atoms with E-state index in [0.717, 1.165) is 43.4 Å². The molecule has 1 aliphatic rings. The molecule has 0 saturated carbocycles. The van der Waals surface area contributed by atoms with Gasteiger partial charge in [0.05, 0.1) is 11.4 Å². The highest BCUT2D eigenvalue weighted by molar-refractivity contribution is 5.54. The predicted octanol–water partition coefficient (Wildman–Crippen LogP) is 4.06. The molecule has 1 N–H and O–H groups in total. The number of anilines is 2. The van der Waals surface area contributed by atoms with E-state index >= 15 is 0 Å². The van der Waals surface area contributed by atoms with Crippen LogP contribution in [0.1, 0.15) is 16.8 Å². The average Bonchev–Trinajstić information content (AvgIpc) is 2.65. The molecule has 0 aliphatic carbocycles. The second kappa shape index (κ2) is 7.17. The second-order valence-corrected chi connectivity index (χ2v) is 6.36. The van der Waals surface area contributed by atoms with Gasteiger partial charge in [0.15, 0.2) is 0 Å². The molecule has 0 atom stereocenters. The maximum Gasteiger partial charge on any atom is 0.227 e. The van der Waals surface area contributed by atoms with Crippen molar-refractivity contribution in [2.75, 3.05) is 11.9 Å². The van der Waals surface area contributed by atoms with E-state index in [1.54, 1.807) is 6.20 Å². The van der Waals surface area contributed by atoms with Gasteiger partial charge in [-0.05, 0) is 17.7 Å². The maximum absolute atomic E-state index is 13.8. The van der Waals surface area contributed by atoms with Crippen LogP contribution in [0, 0.1) is 11.6 Å². The maximum atomic E-state index is 13.8. The summed E-state index contributed by atoms with van der Waals surface area (Å²) in [5, 5.41) is 2.82. The molecule has 2 heterocycles. The first kappa shape index (κ1) is 16.6. The van der Waals surface area contributed by atoms with Crippen molar-refractivity contribution in [1.82, 2.24) is 14.9 Å². The van der Waals surface area contributed by atoms with Gasteiger partial charge < -0.3 is 5.32 Å². The molecular weight excluding hydrogens is 334 g/mol. The number of hydrogen-bond acceptors (Lipinski definition) is 4. The van der Waals surface area contributed by atoms with Crippen molar-refractivity contribution in [2.45, 2.75) is 19.5 Å². The highest BCUT2D eigenvalue weighted by atomic mass is 19.1. The van der Waals surface area contributed by atoms with Crippen LogP contribution >= 0.6 is 0 Å². The zero-order chi connectivity index (χ0) is 17.9. The molecule has 0 saturated heterocycles. The van der Waals surface area contributed by atoms with E-state index in [0.29, 0.717) is 5.95 Å². The minimum Gasteiger partial charge on any atom is -0.322 e. The van der Waals surface area contributed by atoms with Gasteiger partial charge in [-0.1, -0.05) is 30.3 Å². The number of hydrogen-bond donors (Lipinski definition) is 1. The zero-order valence-corrected chi connectivity index (χ0v) is 14.1. The van der Waals surface area contributed by atoms with Crippen molar-refractivity contribution in [1.29, 1.82) is 0 Å². The van der Waals surface area contributed by atoms with Gasteiger partial charge in [0.1, 0.15) is 11.6 Å². The first-order valence-electron chi connectivity index (χ1n) is 8.50. The number of rotatable bonds is 4. The average molecular weight is 352 g/mol. The fourth-order valence-corrected chi connectivity index (χ4v) is 3.12. The molecule has 0 bridgehead atoms. The predicted molar refractivity (Wildman–Crippen MR) is 95.9 cm³/mol. The van der Waals surface area contributed by atoms with Crippen LogP contribution in [-0.4, -0.2) is 21.4 Å². The van der Waals surface area contributed by atoms with Crippen LogP contribution in [0.25, 0.3) is 0 Å². The van der Waals surface area contributed by atoms with Crippen LogP contribution in [0.2, 0.25) is 0 Å². The molecule has 132 valence electrons. The van der Waals surface area contributed by atoms with Gasteiger partial charge in [-0.3, -0.25) is 4.90 Å². The Balaban J connectivity index is 1.47. The van der Waals surface area contributed by atoms with Crippen LogP contribution < -0.4 is 5.32 Å². The van der Waals surface area contributed by atoms with E-state index in [2.05, 4.69) is 32.3 Å². The van der Waals surface area contributed by atoms with Crippen molar-refractivity contribution in [3.8, 4) is 0 Å². The highest BCUT2D eigenvalue weighted by Crippen LogP contribution is 2.22. The lowest BCUT2D eigenvalue weighted by Gasteiger charge is -2.28. The summed E-state index contributed by atoms with van der Waals surface area (Å²) in [5.74, 6) is -0.955. The topological polar surface area (TPSA) is 41.1 Å². The van der Waals surface area contributed by atoms with E-state index < -0.39 is 11.6 Å². The lowest BCUT2D eigenvalue weighted by molar-refractivity contribution is 0.243. The van der Waals surface area contributed by atoms with Crippen molar-refractivity contribution >= 4 is 11.6 Å². The Labute approximate surface area is 150 Å². The lowest BCUT2D eigenvalue weighted by atomic mass is 10.1. The minimum atomic E-state index is -0.666. The fraction of sp³-hybridized carbons (Fsp3) is 0.200. The Morgan fingerprint density at radius 1 is 1.08 bits per heavy atom. The monoisotopic (exact) mass is 352 g/mol. The molecule has 0 fully saturated rings. The molecule has 1 aliphatic heterocycles. The third kappa shape index (κ3) is 3.70. The molecule has 0 unspecified atom stereocenters. The third-order valence-corrected chi connectivity index (χ3v) is 4.44. The van der Waals surface area contributed by atoms with E-state index in [4.69, 9.17) is 0 Å². The first-order chi connectivity index (χ1) is 12.7. The molecule has 0 radical (unpaired) electrons. The van der Waals surface area contributed by atoms with Gasteiger partial charge >= 0.3 is 0 Å². The van der Waals surface area contributed by atoms with Crippen molar-refractivity contribution in [3.63, 3.8) is 0 Å². The summed E-state index contributed by atoms with van der Waals surface area (Å²) in [4.78, 5) is 11.1. The lowest BCUT2D eigenvalue weighted by Crippen LogP contribution is -2.31. The summed E-state index contributed by atoms with van der Waals surface area (Å²) < 4.78 is 26.8. The van der Waals surface area contributed by atoms with Gasteiger partial charge in [0, 0.05) is 43.9 Å². The number of halogens is 2. The largest absolute Gasteiger partial charge is 0.322 e. The summed E-state index contributed by atoms with van der Waals surface area (Å²) in [6.45, 7) is 2.58. The van der Waals surface area contributed by atoms with Crippen LogP contribution in [0.4, 0.5) is 20.4 Å². The van der Waals surface area contributed by atoms with Gasteiger partial charge in [-0.25, -0.2) is 18.7 Å². The van der Waals surface area contributed by atoms with Gasteiger partial charge in [0.2, 0.25) is 5.95 Å². The van der Waals surface area contributed by atoms with Crippen LogP contribution in [-0.2, 0) is 19.5 Å². The molecule has 0 spiro atoms. The van der Waals surface area contributed by atoms with Crippen LogP contribution in [0.5, 0.6) is 0 Å². The summed E-state index contributed by atoms with van der Waals surface area (Å²) in [5.41, 5.74) is 3.49. The molecule has 26 heavy (non-hydrogen) atoms. The Hall–Kier alpha value is -2.86. The Morgan fingerprint density at radius 3 is 2.73 bits per heavy atom. The molecule has 1 aromatic heterocycles. The van der Waals surface area contributed by atoms with E-state index in [9.17, 15) is 8.78 Å². The van der Waals surface area contributed by atoms with Crippen molar-refractivity contribution in [2.24, 2.45) is 0 Å². The van der Waals surface area contributed by atoms with Crippen LogP contribution in [0.15, 0.2) is 54.7 Å². The highest BCUT2D eigenvalue weighted by Gasteiger charge is 2.19. The standard InChI is InChI=1S/C20H18F2N4/c21-16-6-7-19(17(22)10-16)25-20-23-11-15-13-26(9-8-18(15)24-20)12-14-4-2-1-3-5-14/h1-7,10-11H,8-9,12-13H2,(H,23,24,25).